The largest absolute Gasteiger partial charge is 0.422 e. The maximum absolute atomic E-state index is 5.18. The first kappa shape index (κ1) is 20.7. The molecule has 0 bridgehead atoms. The molecular formula is C24H30OSiZr. The average molecular weight is 454 g/mol. The number of hydrogen-bond acceptors (Lipinski definition) is 1. The molecule has 0 spiro atoms. The van der Waals surface area contributed by atoms with Crippen LogP contribution in [0.15, 0.2) is 60.7 Å². The molecule has 3 heteroatoms. The van der Waals surface area contributed by atoms with Gasteiger partial charge in [-0.3, -0.25) is 0 Å². The van der Waals surface area contributed by atoms with Gasteiger partial charge in [0, 0.05) is 6.10 Å². The molecule has 2 unspecified atom stereocenters. The van der Waals surface area contributed by atoms with E-state index < -0.39 is 23.2 Å². The Hall–Kier alpha value is -1.02. The summed E-state index contributed by atoms with van der Waals surface area (Å²) in [6, 6.07) is 18.0. The van der Waals surface area contributed by atoms with Crippen LogP contribution in [-0.4, -0.2) is 15.9 Å². The van der Waals surface area contributed by atoms with E-state index in [0.29, 0.717) is 6.10 Å². The Morgan fingerprint density at radius 1 is 0.815 bits per heavy atom. The third-order valence-corrected chi connectivity index (χ3v) is 10.2. The molecule has 2 aromatic carbocycles. The van der Waals surface area contributed by atoms with Crippen LogP contribution in [0, 0.1) is 0 Å². The molecule has 0 radical (unpaired) electrons. The fourth-order valence-corrected chi connectivity index (χ4v) is 9.36. The third-order valence-electron chi connectivity index (χ3n) is 5.13. The van der Waals surface area contributed by atoms with E-state index in [1.807, 2.05) is 0 Å². The van der Waals surface area contributed by atoms with Crippen molar-refractivity contribution in [2.75, 3.05) is 0 Å². The zero-order valence-corrected chi connectivity index (χ0v) is 21.0. The van der Waals surface area contributed by atoms with E-state index >= 15 is 0 Å². The SMILES string of the molecule is CC1=C[CH]([Zr][CH]2C=C(C)c3ccccc32)c2ccccc21.C[SiH2]OC(C)C. The van der Waals surface area contributed by atoms with Crippen molar-refractivity contribution in [3.63, 3.8) is 0 Å². The van der Waals surface area contributed by atoms with E-state index in [1.54, 1.807) is 11.1 Å². The summed E-state index contributed by atoms with van der Waals surface area (Å²) in [5.74, 6) is 0. The smallest absolute Gasteiger partial charge is 0.158 e. The van der Waals surface area contributed by atoms with Crippen LogP contribution in [0.3, 0.4) is 0 Å². The van der Waals surface area contributed by atoms with E-state index in [4.69, 9.17) is 4.43 Å². The minimum absolute atomic E-state index is 0.133. The number of hydrogen-bond donors (Lipinski definition) is 0. The van der Waals surface area contributed by atoms with Crippen LogP contribution in [0.25, 0.3) is 11.1 Å². The van der Waals surface area contributed by atoms with Crippen molar-refractivity contribution in [1.82, 2.24) is 0 Å². The summed E-state index contributed by atoms with van der Waals surface area (Å²) in [5, 5.41) is 0. The van der Waals surface area contributed by atoms with Crippen LogP contribution in [0.2, 0.25) is 6.55 Å². The summed E-state index contributed by atoms with van der Waals surface area (Å²) < 4.78 is 6.63. The second-order valence-corrected chi connectivity index (χ2v) is 12.3. The Bertz CT molecular complexity index is 787. The monoisotopic (exact) mass is 452 g/mol. The Kier molecular flexibility index (Phi) is 7.25. The van der Waals surface area contributed by atoms with Crippen LogP contribution in [-0.2, 0) is 27.7 Å². The zero-order chi connectivity index (χ0) is 19.4. The first-order chi connectivity index (χ1) is 13.0. The van der Waals surface area contributed by atoms with Gasteiger partial charge in [-0.05, 0) is 13.8 Å². The average Bonchev–Trinajstić information content (AvgIpc) is 3.14. The minimum Gasteiger partial charge on any atom is -0.422 e. The Morgan fingerprint density at radius 2 is 1.26 bits per heavy atom. The van der Waals surface area contributed by atoms with E-state index in [0.717, 1.165) is 7.25 Å². The molecule has 27 heavy (non-hydrogen) atoms. The number of fused-ring (bicyclic) bond motifs is 2. The van der Waals surface area contributed by atoms with Gasteiger partial charge >= 0.3 is 138 Å². The molecule has 0 heterocycles. The van der Waals surface area contributed by atoms with Crippen LogP contribution >= 0.6 is 0 Å². The molecule has 2 atom stereocenters. The van der Waals surface area contributed by atoms with Crippen molar-refractivity contribution in [2.45, 2.75) is 47.6 Å². The van der Waals surface area contributed by atoms with Crippen LogP contribution in [0.4, 0.5) is 0 Å². The molecule has 4 rings (SSSR count). The van der Waals surface area contributed by atoms with E-state index in [2.05, 4.69) is 94.9 Å². The Balaban J connectivity index is 0.000000307. The second kappa shape index (κ2) is 9.45. The molecule has 0 N–H and O–H groups in total. The molecule has 0 aliphatic heterocycles. The summed E-state index contributed by atoms with van der Waals surface area (Å²) in [7, 11) is -0.133. The van der Waals surface area contributed by atoms with Gasteiger partial charge in [0.1, 0.15) is 0 Å². The molecule has 2 aliphatic rings. The topological polar surface area (TPSA) is 9.23 Å². The molecule has 0 saturated heterocycles. The van der Waals surface area contributed by atoms with Gasteiger partial charge in [-0.2, -0.15) is 0 Å². The molecular weight excluding hydrogens is 424 g/mol. The maximum Gasteiger partial charge on any atom is 0.158 e. The summed E-state index contributed by atoms with van der Waals surface area (Å²) in [5.41, 5.74) is 9.08. The Labute approximate surface area is 178 Å². The van der Waals surface area contributed by atoms with E-state index in [9.17, 15) is 0 Å². The standard InChI is InChI=1S/2C10H9.C4H12OSi.Zr/c2*1-8-6-7-9-4-2-3-5-10(8)9;1-4(2)5-6-3;/h2*2-7H,1H3;4H,6H2,1-3H3;. The fourth-order valence-electron chi connectivity index (χ4n) is 3.92. The van der Waals surface area contributed by atoms with Gasteiger partial charge in [-0.1, -0.05) is 6.55 Å². The van der Waals surface area contributed by atoms with Crippen molar-refractivity contribution in [2.24, 2.45) is 0 Å². The normalized spacial score (nSPS) is 20.1. The number of allylic oxidation sites excluding steroid dienone is 4. The summed E-state index contributed by atoms with van der Waals surface area (Å²) in [4.78, 5) is 0. The first-order valence-electron chi connectivity index (χ1n) is 9.94. The predicted molar refractivity (Wildman–Crippen MR) is 116 cm³/mol. The molecule has 2 aliphatic carbocycles. The fraction of sp³-hybridized carbons (Fsp3) is 0.333. The molecule has 2 aromatic rings. The van der Waals surface area contributed by atoms with Crippen LogP contribution in [0.5, 0.6) is 0 Å². The quantitative estimate of drug-likeness (QED) is 0.521. The van der Waals surface area contributed by atoms with Crippen molar-refractivity contribution < 1.29 is 27.7 Å². The van der Waals surface area contributed by atoms with Gasteiger partial charge in [-0.15, -0.1) is 0 Å². The van der Waals surface area contributed by atoms with Gasteiger partial charge in [0.2, 0.25) is 0 Å². The second-order valence-electron chi connectivity index (χ2n) is 7.50. The van der Waals surface area contributed by atoms with Gasteiger partial charge in [0.05, 0.1) is 0 Å². The van der Waals surface area contributed by atoms with Crippen molar-refractivity contribution in [3.05, 3.63) is 82.9 Å². The van der Waals surface area contributed by atoms with Crippen molar-refractivity contribution >= 4 is 20.9 Å². The third kappa shape index (κ3) is 4.88. The zero-order valence-electron chi connectivity index (χ0n) is 17.1. The van der Waals surface area contributed by atoms with Crippen LogP contribution in [0.1, 0.15) is 57.2 Å². The van der Waals surface area contributed by atoms with Crippen LogP contribution < -0.4 is 0 Å². The molecule has 0 aromatic heterocycles. The maximum atomic E-state index is 5.18. The van der Waals surface area contributed by atoms with Gasteiger partial charge in [0.15, 0.2) is 9.76 Å². The van der Waals surface area contributed by atoms with E-state index in [-0.39, 0.29) is 9.76 Å². The summed E-state index contributed by atoms with van der Waals surface area (Å²) in [6.45, 7) is 10.8. The summed E-state index contributed by atoms with van der Waals surface area (Å²) in [6.07, 6.45) is 5.52. The van der Waals surface area contributed by atoms with Gasteiger partial charge < -0.3 is 4.43 Å². The van der Waals surface area contributed by atoms with Gasteiger partial charge in [0.25, 0.3) is 0 Å². The van der Waals surface area contributed by atoms with E-state index in [1.165, 1.54) is 22.3 Å². The summed E-state index contributed by atoms with van der Waals surface area (Å²) >= 11 is -0.595. The van der Waals surface area contributed by atoms with Crippen molar-refractivity contribution in [3.8, 4) is 0 Å². The molecule has 140 valence electrons. The molecule has 0 fully saturated rings. The van der Waals surface area contributed by atoms with Crippen molar-refractivity contribution in [1.29, 1.82) is 0 Å². The molecule has 1 nitrogen and oxygen atoms in total. The molecule has 0 amide bonds. The van der Waals surface area contributed by atoms with Gasteiger partial charge in [-0.25, -0.2) is 0 Å². The number of rotatable bonds is 4. The Morgan fingerprint density at radius 3 is 1.63 bits per heavy atom. The number of benzene rings is 2. The predicted octanol–water partition coefficient (Wildman–Crippen LogP) is 5.93. The minimum atomic E-state index is -0.595. The first-order valence-corrected chi connectivity index (χ1v) is 14.8. The molecule has 0 saturated carbocycles.